The lowest BCUT2D eigenvalue weighted by molar-refractivity contribution is 1.12. The molecule has 4 aromatic rings. The molecule has 0 aliphatic rings. The van der Waals surface area contributed by atoms with Crippen LogP contribution in [0.5, 0.6) is 0 Å². The molecule has 0 N–H and O–H groups in total. The molecule has 0 aromatic heterocycles. The van der Waals surface area contributed by atoms with Gasteiger partial charge in [-0.25, -0.2) is 0 Å². The third kappa shape index (κ3) is 4.55. The lowest BCUT2D eigenvalue weighted by Gasteiger charge is -2.20. The van der Waals surface area contributed by atoms with Crippen molar-refractivity contribution in [2.75, 3.05) is 30.9 Å². The molecule has 0 saturated heterocycles. The van der Waals surface area contributed by atoms with E-state index in [0.29, 0.717) is 0 Å². The second-order valence-corrected chi connectivity index (χ2v) is 7.88. The highest BCUT2D eigenvalue weighted by Gasteiger charge is 2.06. The molecule has 2 nitrogen and oxygen atoms in total. The largest absolute Gasteiger partial charge is 0.378 e. The Labute approximate surface area is 180 Å². The third-order valence-corrected chi connectivity index (χ3v) is 5.55. The van der Waals surface area contributed by atoms with Crippen molar-refractivity contribution in [3.05, 3.63) is 114 Å². The minimum Gasteiger partial charge on any atom is -0.378 e. The van der Waals surface area contributed by atoms with E-state index in [9.17, 15) is 0 Å². The van der Waals surface area contributed by atoms with E-state index in [0.717, 1.165) is 6.42 Å². The van der Waals surface area contributed by atoms with Crippen molar-refractivity contribution in [2.45, 2.75) is 6.42 Å². The van der Waals surface area contributed by atoms with Gasteiger partial charge in [-0.15, -0.1) is 0 Å². The molecule has 0 unspecified atom stereocenters. The SMILES string of the molecule is CN(C)c1ccc(Cc2ccc(N(C)c3ccc(-c4ccccc4)cc3)cc2)cc1. The van der Waals surface area contributed by atoms with Crippen molar-refractivity contribution in [1.29, 1.82) is 0 Å². The zero-order valence-corrected chi connectivity index (χ0v) is 17.9. The first-order valence-electron chi connectivity index (χ1n) is 10.3. The molecule has 0 aliphatic heterocycles. The van der Waals surface area contributed by atoms with E-state index < -0.39 is 0 Å². The van der Waals surface area contributed by atoms with Gasteiger partial charge in [-0.1, -0.05) is 66.7 Å². The highest BCUT2D eigenvalue weighted by Crippen LogP contribution is 2.27. The number of hydrogen-bond donors (Lipinski definition) is 0. The van der Waals surface area contributed by atoms with Gasteiger partial charge in [-0.2, -0.15) is 0 Å². The summed E-state index contributed by atoms with van der Waals surface area (Å²) in [5.41, 5.74) is 8.74. The molecule has 0 bridgehead atoms. The second kappa shape index (κ2) is 8.87. The quantitative estimate of drug-likeness (QED) is 0.357. The number of benzene rings is 4. The van der Waals surface area contributed by atoms with E-state index >= 15 is 0 Å². The third-order valence-electron chi connectivity index (χ3n) is 5.55. The van der Waals surface area contributed by atoms with Crippen LogP contribution in [0.1, 0.15) is 11.1 Å². The van der Waals surface area contributed by atoms with E-state index in [2.05, 4.69) is 128 Å². The van der Waals surface area contributed by atoms with Crippen LogP contribution in [0.15, 0.2) is 103 Å². The van der Waals surface area contributed by atoms with E-state index in [1.165, 1.54) is 39.3 Å². The van der Waals surface area contributed by atoms with Crippen LogP contribution < -0.4 is 9.80 Å². The Morgan fingerprint density at radius 1 is 0.467 bits per heavy atom. The Bertz CT molecular complexity index is 1060. The number of anilines is 3. The predicted molar refractivity (Wildman–Crippen MR) is 130 cm³/mol. The van der Waals surface area contributed by atoms with Gasteiger partial charge < -0.3 is 9.80 Å². The van der Waals surface area contributed by atoms with Gasteiger partial charge >= 0.3 is 0 Å². The minimum absolute atomic E-state index is 0.948. The molecule has 0 saturated carbocycles. The summed E-state index contributed by atoms with van der Waals surface area (Å²) in [5.74, 6) is 0. The normalized spacial score (nSPS) is 10.6. The zero-order chi connectivity index (χ0) is 20.9. The van der Waals surface area contributed by atoms with Crippen LogP contribution in [0.2, 0.25) is 0 Å². The fourth-order valence-electron chi connectivity index (χ4n) is 3.64. The molecule has 0 radical (unpaired) electrons. The van der Waals surface area contributed by atoms with Gasteiger partial charge in [-0.3, -0.25) is 0 Å². The summed E-state index contributed by atoms with van der Waals surface area (Å²) in [6, 6.07) is 36.9. The molecule has 2 heteroatoms. The summed E-state index contributed by atoms with van der Waals surface area (Å²) in [5, 5.41) is 0. The van der Waals surface area contributed by atoms with Crippen LogP contribution in [0.3, 0.4) is 0 Å². The standard InChI is InChI=1S/C28H28N2/c1-29(2)26-15-9-22(10-16-26)21-23-11-17-27(18-12-23)30(3)28-19-13-25(14-20-28)24-7-5-4-6-8-24/h4-20H,21H2,1-3H3. The second-order valence-electron chi connectivity index (χ2n) is 7.88. The van der Waals surface area contributed by atoms with E-state index in [1.54, 1.807) is 0 Å². The van der Waals surface area contributed by atoms with Crippen molar-refractivity contribution >= 4 is 17.1 Å². The van der Waals surface area contributed by atoms with Crippen LogP contribution in [-0.2, 0) is 6.42 Å². The summed E-state index contributed by atoms with van der Waals surface area (Å²) in [6.45, 7) is 0. The molecule has 30 heavy (non-hydrogen) atoms. The fourth-order valence-corrected chi connectivity index (χ4v) is 3.64. The van der Waals surface area contributed by atoms with Gasteiger partial charge in [-0.05, 0) is 65.1 Å². The average molecular weight is 393 g/mol. The number of hydrogen-bond acceptors (Lipinski definition) is 2. The summed E-state index contributed by atoms with van der Waals surface area (Å²) < 4.78 is 0. The smallest absolute Gasteiger partial charge is 0.0408 e. The summed E-state index contributed by atoms with van der Waals surface area (Å²) in [4.78, 5) is 4.35. The monoisotopic (exact) mass is 392 g/mol. The molecular weight excluding hydrogens is 364 g/mol. The van der Waals surface area contributed by atoms with Crippen LogP contribution >= 0.6 is 0 Å². The van der Waals surface area contributed by atoms with E-state index in [1.807, 2.05) is 6.07 Å². The van der Waals surface area contributed by atoms with Gasteiger partial charge in [0.15, 0.2) is 0 Å². The molecule has 0 fully saturated rings. The highest BCUT2D eigenvalue weighted by atomic mass is 15.1. The molecule has 0 atom stereocenters. The molecule has 0 spiro atoms. The topological polar surface area (TPSA) is 6.48 Å². The molecule has 150 valence electrons. The maximum absolute atomic E-state index is 2.23. The Morgan fingerprint density at radius 2 is 0.900 bits per heavy atom. The first-order valence-corrected chi connectivity index (χ1v) is 10.3. The summed E-state index contributed by atoms with van der Waals surface area (Å²) >= 11 is 0. The zero-order valence-electron chi connectivity index (χ0n) is 17.9. The van der Waals surface area contributed by atoms with Crippen LogP contribution in [-0.4, -0.2) is 21.1 Å². The number of nitrogens with zero attached hydrogens (tertiary/aromatic N) is 2. The van der Waals surface area contributed by atoms with Crippen molar-refractivity contribution in [2.24, 2.45) is 0 Å². The Hall–Kier alpha value is -3.52. The fraction of sp³-hybridized carbons (Fsp3) is 0.143. The van der Waals surface area contributed by atoms with Crippen molar-refractivity contribution < 1.29 is 0 Å². The van der Waals surface area contributed by atoms with Gasteiger partial charge in [0.25, 0.3) is 0 Å². The molecule has 0 aliphatic carbocycles. The van der Waals surface area contributed by atoms with Crippen molar-refractivity contribution in [3.8, 4) is 11.1 Å². The maximum Gasteiger partial charge on any atom is 0.0408 e. The molecule has 4 rings (SSSR count). The lowest BCUT2D eigenvalue weighted by Crippen LogP contribution is -2.09. The van der Waals surface area contributed by atoms with Crippen LogP contribution in [0.25, 0.3) is 11.1 Å². The first-order chi connectivity index (χ1) is 14.6. The summed E-state index contributed by atoms with van der Waals surface area (Å²) in [6.07, 6.45) is 0.948. The van der Waals surface area contributed by atoms with Crippen LogP contribution in [0, 0.1) is 0 Å². The van der Waals surface area contributed by atoms with Gasteiger partial charge in [0.05, 0.1) is 0 Å². The molecule has 4 aromatic carbocycles. The Morgan fingerprint density at radius 3 is 1.40 bits per heavy atom. The maximum atomic E-state index is 2.23. The van der Waals surface area contributed by atoms with E-state index in [4.69, 9.17) is 0 Å². The first kappa shape index (κ1) is 19.8. The van der Waals surface area contributed by atoms with Gasteiger partial charge in [0.2, 0.25) is 0 Å². The molecule has 0 amide bonds. The van der Waals surface area contributed by atoms with Crippen molar-refractivity contribution in [1.82, 2.24) is 0 Å². The molecular formula is C28H28N2. The minimum atomic E-state index is 0.948. The molecule has 0 heterocycles. The Kier molecular flexibility index (Phi) is 5.85. The summed E-state index contributed by atoms with van der Waals surface area (Å²) in [7, 11) is 6.26. The lowest BCUT2D eigenvalue weighted by atomic mass is 10.0. The van der Waals surface area contributed by atoms with Gasteiger partial charge in [0, 0.05) is 38.2 Å². The predicted octanol–water partition coefficient (Wildman–Crippen LogP) is 6.78. The van der Waals surface area contributed by atoms with Crippen LogP contribution in [0.4, 0.5) is 17.1 Å². The highest BCUT2D eigenvalue weighted by molar-refractivity contribution is 5.69. The van der Waals surface area contributed by atoms with E-state index in [-0.39, 0.29) is 0 Å². The average Bonchev–Trinajstić information content (AvgIpc) is 2.80. The number of rotatable bonds is 6. The van der Waals surface area contributed by atoms with Crippen molar-refractivity contribution in [3.63, 3.8) is 0 Å². The Balaban J connectivity index is 1.44. The van der Waals surface area contributed by atoms with Gasteiger partial charge in [0.1, 0.15) is 0 Å².